The molecule has 3 aromatic rings. The minimum absolute atomic E-state index is 0.0339. The summed E-state index contributed by atoms with van der Waals surface area (Å²) in [5.74, 6) is -1.47. The van der Waals surface area contributed by atoms with E-state index in [-0.39, 0.29) is 30.4 Å². The maximum absolute atomic E-state index is 12.8. The number of likely N-dealkylation sites (N-methyl/N-ethyl adjacent to an activating group) is 1. The molecule has 1 amide bonds. The zero-order chi connectivity index (χ0) is 26.2. The van der Waals surface area contributed by atoms with Crippen LogP contribution in [-0.4, -0.2) is 47.0 Å². The number of rotatable bonds is 10. The first kappa shape index (κ1) is 25.9. The Balaban J connectivity index is 1.67. The van der Waals surface area contributed by atoms with Crippen molar-refractivity contribution >= 4 is 29.2 Å². The Labute approximate surface area is 206 Å². The van der Waals surface area contributed by atoms with Crippen LogP contribution in [0, 0.1) is 0 Å². The standard InChI is InChI=1S/C25H26N4O7/c1-3-28(20(31)14-36-21(32)15-35-19-11-9-18(10-12-19)16(2)30)22-23(26)29(25(34)27-24(22)33)13-17-7-5-4-6-8-17/h4-12H,3,13-15,26H2,1-2H3,(H,27,33,34). The maximum atomic E-state index is 12.8. The SMILES string of the molecule is CCN(C(=O)COC(=O)COc1ccc(C(C)=O)cc1)c1c(N)n(Cc2ccccc2)c(=O)[nH]c1=O. The predicted molar refractivity (Wildman–Crippen MR) is 132 cm³/mol. The number of carbonyl (C=O) groups is 3. The number of hydrogen-bond acceptors (Lipinski definition) is 8. The van der Waals surface area contributed by atoms with E-state index >= 15 is 0 Å². The van der Waals surface area contributed by atoms with Gasteiger partial charge in [-0.25, -0.2) is 9.59 Å². The van der Waals surface area contributed by atoms with Crippen molar-refractivity contribution in [1.29, 1.82) is 0 Å². The summed E-state index contributed by atoms with van der Waals surface area (Å²) in [4.78, 5) is 64.3. The van der Waals surface area contributed by atoms with Crippen LogP contribution in [0.4, 0.5) is 11.5 Å². The van der Waals surface area contributed by atoms with Crippen molar-refractivity contribution in [3.63, 3.8) is 0 Å². The number of aromatic nitrogens is 2. The van der Waals surface area contributed by atoms with Crippen molar-refractivity contribution in [2.45, 2.75) is 20.4 Å². The number of nitrogen functional groups attached to an aromatic ring is 1. The molecule has 0 fully saturated rings. The molecule has 188 valence electrons. The number of nitrogens with one attached hydrogen (secondary N) is 1. The summed E-state index contributed by atoms with van der Waals surface area (Å²) >= 11 is 0. The largest absolute Gasteiger partial charge is 0.482 e. The molecule has 2 aromatic carbocycles. The first-order valence-electron chi connectivity index (χ1n) is 11.1. The summed E-state index contributed by atoms with van der Waals surface area (Å²) in [6.45, 7) is 2.02. The Morgan fingerprint density at radius 1 is 1.00 bits per heavy atom. The van der Waals surface area contributed by atoms with Crippen molar-refractivity contribution < 1.29 is 23.9 Å². The highest BCUT2D eigenvalue weighted by Crippen LogP contribution is 2.18. The first-order valence-corrected chi connectivity index (χ1v) is 11.1. The summed E-state index contributed by atoms with van der Waals surface area (Å²) in [7, 11) is 0. The number of esters is 1. The van der Waals surface area contributed by atoms with Crippen molar-refractivity contribution in [1.82, 2.24) is 9.55 Å². The van der Waals surface area contributed by atoms with Crippen LogP contribution in [0.25, 0.3) is 0 Å². The summed E-state index contributed by atoms with van der Waals surface area (Å²) in [5.41, 5.74) is 5.65. The molecule has 0 bridgehead atoms. The number of Topliss-reactive ketones (excluding diaryl/α,β-unsaturated/α-hetero) is 1. The number of amides is 1. The van der Waals surface area contributed by atoms with Crippen LogP contribution in [0.5, 0.6) is 5.75 Å². The van der Waals surface area contributed by atoms with Gasteiger partial charge in [-0.05, 0) is 43.7 Å². The molecule has 11 heteroatoms. The van der Waals surface area contributed by atoms with Crippen LogP contribution >= 0.6 is 0 Å². The van der Waals surface area contributed by atoms with E-state index in [2.05, 4.69) is 4.98 Å². The van der Waals surface area contributed by atoms with Gasteiger partial charge >= 0.3 is 11.7 Å². The molecular formula is C25H26N4O7. The fraction of sp³-hybridized carbons (Fsp3) is 0.240. The molecule has 0 saturated heterocycles. The highest BCUT2D eigenvalue weighted by atomic mass is 16.6. The van der Waals surface area contributed by atoms with Crippen LogP contribution < -0.4 is 26.6 Å². The zero-order valence-corrected chi connectivity index (χ0v) is 19.9. The fourth-order valence-electron chi connectivity index (χ4n) is 3.41. The topological polar surface area (TPSA) is 154 Å². The number of carbonyl (C=O) groups excluding carboxylic acids is 3. The molecule has 1 aromatic heterocycles. The van der Waals surface area contributed by atoms with Crippen molar-refractivity contribution in [3.05, 3.63) is 86.6 Å². The summed E-state index contributed by atoms with van der Waals surface area (Å²) in [6.07, 6.45) is 0. The van der Waals surface area contributed by atoms with E-state index in [0.717, 1.165) is 15.0 Å². The van der Waals surface area contributed by atoms with Gasteiger partial charge in [0, 0.05) is 12.1 Å². The number of aromatic amines is 1. The molecule has 11 nitrogen and oxygen atoms in total. The van der Waals surface area contributed by atoms with Crippen LogP contribution in [0.3, 0.4) is 0 Å². The van der Waals surface area contributed by atoms with Crippen LogP contribution in [0.1, 0.15) is 29.8 Å². The second-order valence-corrected chi connectivity index (χ2v) is 7.73. The average molecular weight is 495 g/mol. The molecule has 0 unspecified atom stereocenters. The van der Waals surface area contributed by atoms with Crippen molar-refractivity contribution in [2.75, 3.05) is 30.4 Å². The third kappa shape index (κ3) is 6.26. The lowest BCUT2D eigenvalue weighted by Gasteiger charge is -2.23. The smallest absolute Gasteiger partial charge is 0.344 e. The molecule has 3 N–H and O–H groups in total. The van der Waals surface area contributed by atoms with Gasteiger partial charge in [0.25, 0.3) is 11.5 Å². The Morgan fingerprint density at radius 3 is 2.28 bits per heavy atom. The monoisotopic (exact) mass is 494 g/mol. The maximum Gasteiger partial charge on any atom is 0.344 e. The molecular weight excluding hydrogens is 468 g/mol. The Morgan fingerprint density at radius 2 is 1.67 bits per heavy atom. The van der Waals surface area contributed by atoms with Crippen LogP contribution in [0.15, 0.2) is 64.2 Å². The number of nitrogens with zero attached hydrogens (tertiary/aromatic N) is 2. The molecule has 0 saturated carbocycles. The van der Waals surface area contributed by atoms with Gasteiger partial charge in [-0.1, -0.05) is 30.3 Å². The average Bonchev–Trinajstić information content (AvgIpc) is 2.87. The molecule has 36 heavy (non-hydrogen) atoms. The minimum Gasteiger partial charge on any atom is -0.482 e. The Kier molecular flexibility index (Phi) is 8.39. The van der Waals surface area contributed by atoms with Crippen LogP contribution in [0.2, 0.25) is 0 Å². The summed E-state index contributed by atoms with van der Waals surface area (Å²) < 4.78 is 11.4. The van der Waals surface area contributed by atoms with E-state index in [1.165, 1.54) is 19.1 Å². The second kappa shape index (κ2) is 11.6. The van der Waals surface area contributed by atoms with Crippen LogP contribution in [-0.2, 0) is 20.9 Å². The summed E-state index contributed by atoms with van der Waals surface area (Å²) in [5, 5.41) is 0. The van der Waals surface area contributed by atoms with Gasteiger partial charge in [0.05, 0.1) is 6.54 Å². The Hall–Kier alpha value is -4.67. The van der Waals surface area contributed by atoms with Gasteiger partial charge in [0.1, 0.15) is 11.6 Å². The van der Waals surface area contributed by atoms with E-state index in [4.69, 9.17) is 15.2 Å². The lowest BCUT2D eigenvalue weighted by atomic mass is 10.1. The molecule has 1 heterocycles. The summed E-state index contributed by atoms with van der Waals surface area (Å²) in [6, 6.07) is 15.2. The minimum atomic E-state index is -0.833. The van der Waals surface area contributed by atoms with Gasteiger partial charge < -0.3 is 20.1 Å². The highest BCUT2D eigenvalue weighted by molar-refractivity contribution is 5.97. The van der Waals surface area contributed by atoms with E-state index in [1.807, 2.05) is 6.07 Å². The number of nitrogens with two attached hydrogens (primary N) is 1. The van der Waals surface area contributed by atoms with Gasteiger partial charge in [0.2, 0.25) is 0 Å². The molecule has 0 aliphatic carbocycles. The van der Waals surface area contributed by atoms with Gasteiger partial charge in [-0.2, -0.15) is 0 Å². The van der Waals surface area contributed by atoms with E-state index in [9.17, 15) is 24.0 Å². The highest BCUT2D eigenvalue weighted by Gasteiger charge is 2.24. The zero-order valence-electron chi connectivity index (χ0n) is 19.9. The molecule has 0 aliphatic rings. The third-order valence-electron chi connectivity index (χ3n) is 5.26. The number of H-pyrrole nitrogens is 1. The molecule has 0 aliphatic heterocycles. The number of anilines is 2. The fourth-order valence-corrected chi connectivity index (χ4v) is 3.41. The molecule has 0 spiro atoms. The number of ether oxygens (including phenoxy) is 2. The molecule has 3 rings (SSSR count). The van der Waals surface area contributed by atoms with Gasteiger partial charge in [-0.3, -0.25) is 23.9 Å². The molecule has 0 radical (unpaired) electrons. The molecule has 0 atom stereocenters. The van der Waals surface area contributed by atoms with E-state index in [1.54, 1.807) is 43.3 Å². The lowest BCUT2D eigenvalue weighted by molar-refractivity contribution is -0.149. The Bertz CT molecular complexity index is 1360. The normalized spacial score (nSPS) is 10.5. The van der Waals surface area contributed by atoms with Gasteiger partial charge in [-0.15, -0.1) is 0 Å². The van der Waals surface area contributed by atoms with Crippen molar-refractivity contribution in [2.24, 2.45) is 0 Å². The van der Waals surface area contributed by atoms with Gasteiger partial charge in [0.15, 0.2) is 24.7 Å². The lowest BCUT2D eigenvalue weighted by Crippen LogP contribution is -2.42. The van der Waals surface area contributed by atoms with E-state index in [0.29, 0.717) is 11.3 Å². The van der Waals surface area contributed by atoms with E-state index < -0.39 is 36.3 Å². The first-order chi connectivity index (χ1) is 17.2. The number of ketones is 1. The second-order valence-electron chi connectivity index (χ2n) is 7.73. The third-order valence-corrected chi connectivity index (χ3v) is 5.26. The number of benzene rings is 2. The quantitative estimate of drug-likeness (QED) is 0.316. The predicted octanol–water partition coefficient (Wildman–Crippen LogP) is 1.34. The number of hydrogen-bond donors (Lipinski definition) is 2. The van der Waals surface area contributed by atoms with Crippen molar-refractivity contribution in [3.8, 4) is 5.75 Å².